The first-order chi connectivity index (χ1) is 13.8. The second-order valence-electron chi connectivity index (χ2n) is 9.45. The van der Waals surface area contributed by atoms with Crippen molar-refractivity contribution in [2.45, 2.75) is 162 Å². The highest BCUT2D eigenvalue weighted by atomic mass is 16.2. The molecular formula is C27H56O. The highest BCUT2D eigenvalue weighted by molar-refractivity contribution is 4.53. The molecule has 0 heterocycles. The first kappa shape index (κ1) is 28.0. The summed E-state index contributed by atoms with van der Waals surface area (Å²) < 4.78 is 0. The van der Waals surface area contributed by atoms with Gasteiger partial charge in [0, 0.05) is 6.61 Å². The van der Waals surface area contributed by atoms with Crippen molar-refractivity contribution in [2.75, 3.05) is 6.61 Å². The minimum Gasteiger partial charge on any atom is -0.396 e. The van der Waals surface area contributed by atoms with E-state index in [1.54, 1.807) is 0 Å². The van der Waals surface area contributed by atoms with E-state index in [9.17, 15) is 0 Å². The van der Waals surface area contributed by atoms with Crippen LogP contribution in [0.2, 0.25) is 0 Å². The second kappa shape index (κ2) is 25.0. The zero-order chi connectivity index (χ0) is 20.5. The summed E-state index contributed by atoms with van der Waals surface area (Å²) in [6.07, 6.45) is 32.6. The molecule has 0 aromatic rings. The summed E-state index contributed by atoms with van der Waals surface area (Å²) >= 11 is 0. The molecule has 0 aromatic heterocycles. The van der Waals surface area contributed by atoms with Gasteiger partial charge in [0.05, 0.1) is 0 Å². The van der Waals surface area contributed by atoms with E-state index >= 15 is 0 Å². The lowest BCUT2D eigenvalue weighted by molar-refractivity contribution is 0.282. The Morgan fingerprint density at radius 3 is 0.929 bits per heavy atom. The SMILES string of the molecule is CC[C@H](C)CCCCCCCCCCCCCCCCCCCCCCCO. The molecule has 0 aromatic carbocycles. The minimum absolute atomic E-state index is 0.374. The number of unbranched alkanes of at least 4 members (excludes halogenated alkanes) is 20. The molecule has 0 saturated heterocycles. The zero-order valence-corrected chi connectivity index (χ0v) is 20.0. The maximum atomic E-state index is 8.74. The van der Waals surface area contributed by atoms with Crippen molar-refractivity contribution in [2.24, 2.45) is 5.92 Å². The average molecular weight is 397 g/mol. The van der Waals surface area contributed by atoms with Gasteiger partial charge in [-0.15, -0.1) is 0 Å². The Labute approximate surface area is 179 Å². The molecule has 0 aliphatic carbocycles. The Morgan fingerprint density at radius 2 is 0.679 bits per heavy atom. The summed E-state index contributed by atoms with van der Waals surface area (Å²) in [7, 11) is 0. The van der Waals surface area contributed by atoms with Crippen LogP contribution in [-0.4, -0.2) is 11.7 Å². The highest BCUT2D eigenvalue weighted by Crippen LogP contribution is 2.16. The molecular weight excluding hydrogens is 340 g/mol. The van der Waals surface area contributed by atoms with Gasteiger partial charge < -0.3 is 5.11 Å². The second-order valence-corrected chi connectivity index (χ2v) is 9.45. The minimum atomic E-state index is 0.374. The summed E-state index contributed by atoms with van der Waals surface area (Å²) in [5.41, 5.74) is 0. The third-order valence-electron chi connectivity index (χ3n) is 6.55. The lowest BCUT2D eigenvalue weighted by Gasteiger charge is -2.07. The molecule has 1 nitrogen and oxygen atoms in total. The molecule has 0 radical (unpaired) electrons. The zero-order valence-electron chi connectivity index (χ0n) is 20.0. The van der Waals surface area contributed by atoms with Crippen LogP contribution in [0.25, 0.3) is 0 Å². The van der Waals surface area contributed by atoms with E-state index in [-0.39, 0.29) is 0 Å². The Kier molecular flexibility index (Phi) is 25.0. The molecule has 0 bridgehead atoms. The third kappa shape index (κ3) is 24.0. The van der Waals surface area contributed by atoms with Crippen LogP contribution in [0.5, 0.6) is 0 Å². The van der Waals surface area contributed by atoms with Crippen LogP contribution < -0.4 is 0 Å². The topological polar surface area (TPSA) is 20.2 Å². The lowest BCUT2D eigenvalue weighted by Crippen LogP contribution is -1.91. The fourth-order valence-corrected chi connectivity index (χ4v) is 4.17. The van der Waals surface area contributed by atoms with Crippen molar-refractivity contribution in [3.63, 3.8) is 0 Å². The maximum absolute atomic E-state index is 8.74. The predicted octanol–water partition coefficient (Wildman–Crippen LogP) is 9.61. The largest absolute Gasteiger partial charge is 0.396 e. The van der Waals surface area contributed by atoms with Crippen LogP contribution >= 0.6 is 0 Å². The molecule has 0 saturated carbocycles. The summed E-state index contributed by atoms with van der Waals surface area (Å²) in [6.45, 7) is 5.08. The van der Waals surface area contributed by atoms with Gasteiger partial charge in [0.1, 0.15) is 0 Å². The Bertz CT molecular complexity index is 263. The standard InChI is InChI=1S/C27H56O/c1-3-27(2)25-23-21-19-17-15-13-11-9-7-5-4-6-8-10-12-14-16-18-20-22-24-26-28/h27-28H,3-26H2,1-2H3/t27-/m0/s1. The van der Waals surface area contributed by atoms with Crippen LogP contribution in [-0.2, 0) is 0 Å². The van der Waals surface area contributed by atoms with Crippen LogP contribution in [0, 0.1) is 5.92 Å². The molecule has 170 valence electrons. The number of hydrogen-bond donors (Lipinski definition) is 1. The summed E-state index contributed by atoms with van der Waals surface area (Å²) in [5.74, 6) is 0.943. The van der Waals surface area contributed by atoms with Crippen LogP contribution in [0.4, 0.5) is 0 Å². The van der Waals surface area contributed by atoms with Gasteiger partial charge in [0.2, 0.25) is 0 Å². The van der Waals surface area contributed by atoms with Crippen LogP contribution in [0.1, 0.15) is 162 Å². The predicted molar refractivity (Wildman–Crippen MR) is 128 cm³/mol. The van der Waals surface area contributed by atoms with Crippen LogP contribution in [0.15, 0.2) is 0 Å². The van der Waals surface area contributed by atoms with Crippen molar-refractivity contribution in [1.82, 2.24) is 0 Å². The maximum Gasteiger partial charge on any atom is 0.0431 e. The molecule has 1 N–H and O–H groups in total. The quantitative estimate of drug-likeness (QED) is 0.161. The fourth-order valence-electron chi connectivity index (χ4n) is 4.17. The van der Waals surface area contributed by atoms with Gasteiger partial charge in [-0.25, -0.2) is 0 Å². The molecule has 1 heteroatoms. The summed E-state index contributed by atoms with van der Waals surface area (Å²) in [4.78, 5) is 0. The molecule has 0 aliphatic heterocycles. The van der Waals surface area contributed by atoms with Gasteiger partial charge in [-0.1, -0.05) is 155 Å². The third-order valence-corrected chi connectivity index (χ3v) is 6.55. The van der Waals surface area contributed by atoms with Gasteiger partial charge in [-0.3, -0.25) is 0 Å². The smallest absolute Gasteiger partial charge is 0.0431 e. The van der Waals surface area contributed by atoms with Gasteiger partial charge in [0.25, 0.3) is 0 Å². The van der Waals surface area contributed by atoms with Gasteiger partial charge >= 0.3 is 0 Å². The van der Waals surface area contributed by atoms with Gasteiger partial charge in [-0.05, 0) is 12.3 Å². The number of aliphatic hydroxyl groups excluding tert-OH is 1. The normalized spacial score (nSPS) is 12.5. The molecule has 0 fully saturated rings. The number of aliphatic hydroxyl groups is 1. The van der Waals surface area contributed by atoms with E-state index in [2.05, 4.69) is 13.8 Å². The molecule has 0 amide bonds. The van der Waals surface area contributed by atoms with Crippen molar-refractivity contribution in [3.05, 3.63) is 0 Å². The van der Waals surface area contributed by atoms with Crippen molar-refractivity contribution in [3.8, 4) is 0 Å². The lowest BCUT2D eigenvalue weighted by atomic mass is 9.99. The van der Waals surface area contributed by atoms with E-state index < -0.39 is 0 Å². The van der Waals surface area contributed by atoms with Crippen LogP contribution in [0.3, 0.4) is 0 Å². The molecule has 0 spiro atoms. The molecule has 0 aliphatic rings. The molecule has 28 heavy (non-hydrogen) atoms. The van der Waals surface area contributed by atoms with E-state index in [1.165, 1.54) is 141 Å². The first-order valence-corrected chi connectivity index (χ1v) is 13.4. The monoisotopic (exact) mass is 396 g/mol. The van der Waals surface area contributed by atoms with E-state index in [0.717, 1.165) is 12.3 Å². The van der Waals surface area contributed by atoms with Crippen molar-refractivity contribution >= 4 is 0 Å². The van der Waals surface area contributed by atoms with Crippen molar-refractivity contribution < 1.29 is 5.11 Å². The average Bonchev–Trinajstić information content (AvgIpc) is 2.71. The number of hydrogen-bond acceptors (Lipinski definition) is 1. The first-order valence-electron chi connectivity index (χ1n) is 13.4. The van der Waals surface area contributed by atoms with Crippen molar-refractivity contribution in [1.29, 1.82) is 0 Å². The Balaban J connectivity index is 3.00. The van der Waals surface area contributed by atoms with Gasteiger partial charge in [0.15, 0.2) is 0 Å². The van der Waals surface area contributed by atoms with E-state index in [1.807, 2.05) is 0 Å². The molecule has 0 unspecified atom stereocenters. The Hall–Kier alpha value is -0.0400. The number of rotatable bonds is 24. The van der Waals surface area contributed by atoms with Gasteiger partial charge in [-0.2, -0.15) is 0 Å². The van der Waals surface area contributed by atoms with E-state index in [0.29, 0.717) is 6.61 Å². The molecule has 1 atom stereocenters. The summed E-state index contributed by atoms with van der Waals surface area (Å²) in [5, 5.41) is 8.74. The Morgan fingerprint density at radius 1 is 0.429 bits per heavy atom. The van der Waals surface area contributed by atoms with E-state index in [4.69, 9.17) is 5.11 Å². The summed E-state index contributed by atoms with van der Waals surface area (Å²) in [6, 6.07) is 0. The fraction of sp³-hybridized carbons (Fsp3) is 1.00. The highest BCUT2D eigenvalue weighted by Gasteiger charge is 1.98. The molecule has 0 rings (SSSR count).